The number of hydrogen-bond acceptors (Lipinski definition) is 3. The largest absolute Gasteiger partial charge is 0.320 e. The van der Waals surface area contributed by atoms with Gasteiger partial charge in [0.15, 0.2) is 6.54 Å². The van der Waals surface area contributed by atoms with Crippen molar-refractivity contribution in [2.45, 2.75) is 39.2 Å². The third-order valence-corrected chi connectivity index (χ3v) is 6.48. The van der Waals surface area contributed by atoms with Crippen molar-refractivity contribution in [1.29, 1.82) is 0 Å². The van der Waals surface area contributed by atoms with Crippen LogP contribution in [0.5, 0.6) is 0 Å². The fourth-order valence-corrected chi connectivity index (χ4v) is 4.97. The van der Waals surface area contributed by atoms with E-state index in [0.29, 0.717) is 12.6 Å². The lowest BCUT2D eigenvalue weighted by molar-refractivity contribution is -0.928. The predicted molar refractivity (Wildman–Crippen MR) is 95.5 cm³/mol. The van der Waals surface area contributed by atoms with Gasteiger partial charge in [0.05, 0.1) is 23.6 Å². The smallest absolute Gasteiger partial charge is 0.279 e. The van der Waals surface area contributed by atoms with Crippen LogP contribution >= 0.6 is 11.3 Å². The Bertz CT molecular complexity index is 774. The van der Waals surface area contributed by atoms with Gasteiger partial charge in [0.25, 0.3) is 5.91 Å². The molecular formula is C18H25N4OS+. The second-order valence-corrected chi connectivity index (χ2v) is 8.17. The highest BCUT2D eigenvalue weighted by atomic mass is 32.1. The number of carbonyl (C=O) groups is 1. The molecule has 2 aromatic heterocycles. The Morgan fingerprint density at radius 1 is 1.46 bits per heavy atom. The van der Waals surface area contributed by atoms with Gasteiger partial charge in [-0.2, -0.15) is 5.10 Å². The lowest BCUT2D eigenvalue weighted by Gasteiger charge is -2.32. The summed E-state index contributed by atoms with van der Waals surface area (Å²) in [6.45, 7) is 5.55. The van der Waals surface area contributed by atoms with E-state index < -0.39 is 0 Å². The number of quaternary nitrogens is 1. The minimum Gasteiger partial charge on any atom is -0.320 e. The van der Waals surface area contributed by atoms with Gasteiger partial charge in [-0.1, -0.05) is 0 Å². The molecule has 1 aliphatic carbocycles. The van der Waals surface area contributed by atoms with E-state index in [-0.39, 0.29) is 5.91 Å². The molecule has 2 aliphatic rings. The standard InChI is InChI=1S/C18H24N4OS/c1-11-17(12(2)21(3)20-11)19-16(23)10-22-8-6-15-14(7-9-24-15)18(22)13-4-5-13/h7,9,13,18H,4-6,8,10H2,1-3H3,(H,19,23)/p+1/t18-/m0/s1. The molecule has 24 heavy (non-hydrogen) atoms. The van der Waals surface area contributed by atoms with Crippen molar-refractivity contribution < 1.29 is 9.69 Å². The van der Waals surface area contributed by atoms with E-state index >= 15 is 0 Å². The molecule has 1 unspecified atom stereocenters. The van der Waals surface area contributed by atoms with Gasteiger partial charge < -0.3 is 10.2 Å². The molecule has 6 heteroatoms. The molecular weight excluding hydrogens is 320 g/mol. The predicted octanol–water partition coefficient (Wildman–Crippen LogP) is 1.63. The van der Waals surface area contributed by atoms with Crippen LogP contribution in [-0.4, -0.2) is 28.8 Å². The van der Waals surface area contributed by atoms with E-state index in [1.165, 1.54) is 28.2 Å². The third-order valence-electron chi connectivity index (χ3n) is 5.48. The van der Waals surface area contributed by atoms with Crippen molar-refractivity contribution in [1.82, 2.24) is 9.78 Å². The fourth-order valence-electron chi connectivity index (χ4n) is 4.04. The highest BCUT2D eigenvalue weighted by Crippen LogP contribution is 2.42. The summed E-state index contributed by atoms with van der Waals surface area (Å²) in [7, 11) is 1.91. The molecule has 2 N–H and O–H groups in total. The van der Waals surface area contributed by atoms with E-state index in [9.17, 15) is 4.79 Å². The van der Waals surface area contributed by atoms with Gasteiger partial charge in [-0.3, -0.25) is 9.48 Å². The number of hydrogen-bond donors (Lipinski definition) is 2. The van der Waals surface area contributed by atoms with E-state index in [1.807, 2.05) is 36.9 Å². The maximum atomic E-state index is 12.7. The molecule has 0 saturated heterocycles. The van der Waals surface area contributed by atoms with Gasteiger partial charge in [-0.25, -0.2) is 0 Å². The molecule has 0 bridgehead atoms. The monoisotopic (exact) mass is 345 g/mol. The number of carbonyl (C=O) groups excluding carboxylic acids is 1. The first kappa shape index (κ1) is 15.8. The van der Waals surface area contributed by atoms with Crippen LogP contribution in [0.15, 0.2) is 11.4 Å². The van der Waals surface area contributed by atoms with Gasteiger partial charge in [0.1, 0.15) is 6.04 Å². The van der Waals surface area contributed by atoms with Crippen molar-refractivity contribution in [3.8, 4) is 0 Å². The third kappa shape index (κ3) is 2.78. The van der Waals surface area contributed by atoms with Gasteiger partial charge in [0.2, 0.25) is 0 Å². The van der Waals surface area contributed by atoms with Crippen molar-refractivity contribution >= 4 is 22.9 Å². The molecule has 0 aromatic carbocycles. The van der Waals surface area contributed by atoms with Crippen LogP contribution in [0, 0.1) is 19.8 Å². The van der Waals surface area contributed by atoms with E-state index in [2.05, 4.69) is 21.9 Å². The van der Waals surface area contributed by atoms with Crippen LogP contribution in [-0.2, 0) is 18.3 Å². The fraction of sp³-hybridized carbons (Fsp3) is 0.556. The lowest BCUT2D eigenvalue weighted by atomic mass is 9.96. The maximum Gasteiger partial charge on any atom is 0.279 e. The van der Waals surface area contributed by atoms with Gasteiger partial charge in [-0.05, 0) is 38.1 Å². The number of anilines is 1. The van der Waals surface area contributed by atoms with Crippen molar-refractivity contribution in [3.05, 3.63) is 33.3 Å². The Morgan fingerprint density at radius 2 is 2.25 bits per heavy atom. The van der Waals surface area contributed by atoms with Crippen LogP contribution < -0.4 is 10.2 Å². The van der Waals surface area contributed by atoms with Gasteiger partial charge >= 0.3 is 0 Å². The molecule has 2 aromatic rings. The zero-order valence-corrected chi connectivity index (χ0v) is 15.4. The Balaban J connectivity index is 1.49. The number of thiophene rings is 1. The van der Waals surface area contributed by atoms with Crippen LogP contribution in [0.2, 0.25) is 0 Å². The number of fused-ring (bicyclic) bond motifs is 1. The van der Waals surface area contributed by atoms with E-state index in [0.717, 1.165) is 36.0 Å². The summed E-state index contributed by atoms with van der Waals surface area (Å²) in [5.41, 5.74) is 4.27. The van der Waals surface area contributed by atoms with Crippen LogP contribution in [0.25, 0.3) is 0 Å². The highest BCUT2D eigenvalue weighted by molar-refractivity contribution is 7.10. The number of nitrogens with zero attached hydrogens (tertiary/aromatic N) is 2. The van der Waals surface area contributed by atoms with Crippen LogP contribution in [0.1, 0.15) is 40.7 Å². The second kappa shape index (κ2) is 6.01. The molecule has 1 aliphatic heterocycles. The van der Waals surface area contributed by atoms with Crippen LogP contribution in [0.4, 0.5) is 5.69 Å². The SMILES string of the molecule is Cc1nn(C)c(C)c1NC(=O)C[NH+]1CCc2sccc2[C@@H]1C1CC1. The maximum absolute atomic E-state index is 12.7. The molecule has 0 spiro atoms. The molecule has 1 amide bonds. The van der Waals surface area contributed by atoms with Gasteiger partial charge in [-0.15, -0.1) is 11.3 Å². The average molecular weight is 345 g/mol. The summed E-state index contributed by atoms with van der Waals surface area (Å²) in [4.78, 5) is 15.6. The molecule has 1 fully saturated rings. The number of aryl methyl sites for hydroxylation is 2. The quantitative estimate of drug-likeness (QED) is 0.885. The number of nitrogens with one attached hydrogen (secondary N) is 2. The number of amides is 1. The highest BCUT2D eigenvalue weighted by Gasteiger charge is 2.43. The van der Waals surface area contributed by atoms with Crippen molar-refractivity contribution in [3.63, 3.8) is 0 Å². The normalized spacial score (nSPS) is 23.1. The summed E-state index contributed by atoms with van der Waals surface area (Å²) in [6.07, 6.45) is 3.72. The zero-order chi connectivity index (χ0) is 16.8. The number of aromatic nitrogens is 2. The van der Waals surface area contributed by atoms with Crippen molar-refractivity contribution in [2.24, 2.45) is 13.0 Å². The second-order valence-electron chi connectivity index (χ2n) is 7.17. The molecule has 0 radical (unpaired) electrons. The Morgan fingerprint density at radius 3 is 2.92 bits per heavy atom. The molecule has 4 rings (SSSR count). The molecule has 3 heterocycles. The summed E-state index contributed by atoms with van der Waals surface area (Å²) >= 11 is 1.88. The summed E-state index contributed by atoms with van der Waals surface area (Å²) < 4.78 is 1.82. The topological polar surface area (TPSA) is 51.4 Å². The van der Waals surface area contributed by atoms with Crippen molar-refractivity contribution in [2.75, 3.05) is 18.4 Å². The minimum absolute atomic E-state index is 0.105. The van der Waals surface area contributed by atoms with E-state index in [1.54, 1.807) is 0 Å². The zero-order valence-electron chi connectivity index (χ0n) is 14.6. The first-order chi connectivity index (χ1) is 11.5. The summed E-state index contributed by atoms with van der Waals surface area (Å²) in [5.74, 6) is 0.872. The molecule has 2 atom stereocenters. The van der Waals surface area contributed by atoms with Crippen LogP contribution in [0.3, 0.4) is 0 Å². The minimum atomic E-state index is 0.105. The Kier molecular flexibility index (Phi) is 3.96. The first-order valence-corrected chi connectivity index (χ1v) is 9.63. The molecule has 1 saturated carbocycles. The molecule has 5 nitrogen and oxygen atoms in total. The Labute approximate surface area is 146 Å². The Hall–Kier alpha value is -1.66. The summed E-state index contributed by atoms with van der Waals surface area (Å²) in [6, 6.07) is 2.80. The van der Waals surface area contributed by atoms with Gasteiger partial charge in [0, 0.05) is 29.8 Å². The number of rotatable bonds is 4. The average Bonchev–Trinajstić information content (AvgIpc) is 3.22. The first-order valence-electron chi connectivity index (χ1n) is 8.75. The lowest BCUT2D eigenvalue weighted by Crippen LogP contribution is -3.14. The summed E-state index contributed by atoms with van der Waals surface area (Å²) in [5, 5.41) is 9.70. The van der Waals surface area contributed by atoms with E-state index in [4.69, 9.17) is 0 Å². The molecule has 128 valence electrons.